The summed E-state index contributed by atoms with van der Waals surface area (Å²) in [6.07, 6.45) is 4.22. The molecule has 33 heavy (non-hydrogen) atoms. The number of hydrogen-bond acceptors (Lipinski definition) is 7. The minimum absolute atomic E-state index is 0.224. The smallest absolute Gasteiger partial charge is 0.175 e. The fourth-order valence-corrected chi connectivity index (χ4v) is 4.66. The Hall–Kier alpha value is -3.56. The molecule has 0 spiro atoms. The predicted molar refractivity (Wildman–Crippen MR) is 129 cm³/mol. The summed E-state index contributed by atoms with van der Waals surface area (Å²) in [6.45, 7) is 1.98. The van der Waals surface area contributed by atoms with Gasteiger partial charge < -0.3 is 10.3 Å². The van der Waals surface area contributed by atoms with Gasteiger partial charge in [0.2, 0.25) is 0 Å². The van der Waals surface area contributed by atoms with E-state index in [9.17, 15) is 8.42 Å². The van der Waals surface area contributed by atoms with Crippen LogP contribution in [0.15, 0.2) is 66.1 Å². The molecular weight excluding hydrogens is 460 g/mol. The molecule has 3 heterocycles. The molecule has 0 radical (unpaired) electrons. The Morgan fingerprint density at radius 1 is 1.03 bits per heavy atom. The Kier molecular flexibility index (Phi) is 5.22. The Morgan fingerprint density at radius 3 is 2.67 bits per heavy atom. The normalized spacial score (nSPS) is 12.8. The van der Waals surface area contributed by atoms with Gasteiger partial charge >= 0.3 is 0 Å². The second-order valence-electron chi connectivity index (χ2n) is 7.73. The van der Waals surface area contributed by atoms with Gasteiger partial charge in [0.25, 0.3) is 0 Å². The number of pyridine rings is 1. The standard InChI is InChI=1S/C23H19ClN6O2S/c1-13(29-23-21-22(26-11-25-21)27-12-28-23)17-10-15-6-4-8-18(24)20(15)30-19(17)14-5-3-7-16(9-14)33(2,31)32/h3-13H,1-2H3,(H2,25,26,27,28,29). The van der Waals surface area contributed by atoms with Crippen molar-refractivity contribution in [2.75, 3.05) is 11.6 Å². The molecule has 1 atom stereocenters. The van der Waals surface area contributed by atoms with Crippen LogP contribution < -0.4 is 5.32 Å². The first kappa shape index (κ1) is 21.3. The highest BCUT2D eigenvalue weighted by Crippen LogP contribution is 2.34. The molecule has 0 saturated heterocycles. The van der Waals surface area contributed by atoms with Crippen LogP contribution in [0.1, 0.15) is 18.5 Å². The lowest BCUT2D eigenvalue weighted by molar-refractivity contribution is 0.602. The molecule has 0 bridgehead atoms. The van der Waals surface area contributed by atoms with Crippen LogP contribution in [0, 0.1) is 0 Å². The van der Waals surface area contributed by atoms with Gasteiger partial charge in [0.15, 0.2) is 21.3 Å². The first-order valence-electron chi connectivity index (χ1n) is 10.1. The zero-order valence-corrected chi connectivity index (χ0v) is 19.3. The van der Waals surface area contributed by atoms with Crippen molar-refractivity contribution >= 4 is 49.3 Å². The number of aromatic nitrogens is 5. The fraction of sp³-hybridized carbons (Fsp3) is 0.130. The maximum absolute atomic E-state index is 12.2. The van der Waals surface area contributed by atoms with E-state index >= 15 is 0 Å². The zero-order chi connectivity index (χ0) is 23.2. The van der Waals surface area contributed by atoms with Gasteiger partial charge in [-0.3, -0.25) is 0 Å². The molecule has 5 rings (SSSR count). The molecule has 0 fully saturated rings. The van der Waals surface area contributed by atoms with Crippen molar-refractivity contribution in [3.05, 3.63) is 71.8 Å². The zero-order valence-electron chi connectivity index (χ0n) is 17.7. The van der Waals surface area contributed by atoms with Crippen LogP contribution in [-0.4, -0.2) is 39.6 Å². The first-order chi connectivity index (χ1) is 15.8. The number of hydrogen-bond donors (Lipinski definition) is 2. The molecule has 166 valence electrons. The van der Waals surface area contributed by atoms with E-state index in [1.54, 1.807) is 30.6 Å². The van der Waals surface area contributed by atoms with Crippen molar-refractivity contribution in [2.45, 2.75) is 17.9 Å². The van der Waals surface area contributed by atoms with Crippen molar-refractivity contribution in [1.82, 2.24) is 24.9 Å². The van der Waals surface area contributed by atoms with Gasteiger partial charge in [0.05, 0.1) is 33.5 Å². The third-order valence-corrected chi connectivity index (χ3v) is 6.81. The molecule has 0 aliphatic heterocycles. The van der Waals surface area contributed by atoms with Gasteiger partial charge in [-0.15, -0.1) is 0 Å². The van der Waals surface area contributed by atoms with Gasteiger partial charge in [0.1, 0.15) is 11.8 Å². The Morgan fingerprint density at radius 2 is 1.85 bits per heavy atom. The third-order valence-electron chi connectivity index (χ3n) is 5.40. The van der Waals surface area contributed by atoms with Crippen LogP contribution in [0.4, 0.5) is 5.82 Å². The number of benzene rings is 2. The second kappa shape index (κ2) is 8.09. The molecule has 0 amide bonds. The summed E-state index contributed by atoms with van der Waals surface area (Å²) in [6, 6.07) is 14.1. The van der Waals surface area contributed by atoms with Gasteiger partial charge in [-0.1, -0.05) is 35.9 Å². The molecule has 2 aromatic carbocycles. The number of fused-ring (bicyclic) bond motifs is 2. The summed E-state index contributed by atoms with van der Waals surface area (Å²) in [5.74, 6) is 0.579. The maximum atomic E-state index is 12.2. The Bertz CT molecular complexity index is 1620. The van der Waals surface area contributed by atoms with Crippen molar-refractivity contribution in [3.8, 4) is 11.3 Å². The Labute approximate surface area is 195 Å². The lowest BCUT2D eigenvalue weighted by Crippen LogP contribution is -2.11. The molecule has 0 aliphatic carbocycles. The summed E-state index contributed by atoms with van der Waals surface area (Å²) < 4.78 is 24.3. The topological polar surface area (TPSA) is 114 Å². The number of nitrogens with one attached hydrogen (secondary N) is 2. The number of sulfone groups is 1. The molecule has 3 aromatic heterocycles. The van der Waals surface area contributed by atoms with Crippen LogP contribution in [-0.2, 0) is 9.84 Å². The number of aromatic amines is 1. The summed E-state index contributed by atoms with van der Waals surface area (Å²) >= 11 is 6.43. The number of para-hydroxylation sites is 1. The molecule has 2 N–H and O–H groups in total. The van der Waals surface area contributed by atoms with Gasteiger partial charge in [-0.25, -0.2) is 28.4 Å². The molecule has 0 aliphatic rings. The Balaban J connectivity index is 1.68. The number of halogens is 1. The number of imidazole rings is 1. The summed E-state index contributed by atoms with van der Waals surface area (Å²) in [5, 5.41) is 4.80. The van der Waals surface area contributed by atoms with Crippen molar-refractivity contribution in [2.24, 2.45) is 0 Å². The fourth-order valence-electron chi connectivity index (χ4n) is 3.77. The maximum Gasteiger partial charge on any atom is 0.175 e. The van der Waals surface area contributed by atoms with Crippen molar-refractivity contribution < 1.29 is 8.42 Å². The molecule has 10 heteroatoms. The van der Waals surface area contributed by atoms with Crippen LogP contribution in [0.3, 0.4) is 0 Å². The van der Waals surface area contributed by atoms with Crippen molar-refractivity contribution in [1.29, 1.82) is 0 Å². The molecule has 0 saturated carbocycles. The minimum atomic E-state index is -3.38. The van der Waals surface area contributed by atoms with Crippen LogP contribution in [0.5, 0.6) is 0 Å². The minimum Gasteiger partial charge on any atom is -0.362 e. The summed E-state index contributed by atoms with van der Waals surface area (Å²) in [7, 11) is -3.38. The summed E-state index contributed by atoms with van der Waals surface area (Å²) in [5.41, 5.74) is 4.07. The van der Waals surface area contributed by atoms with Crippen molar-refractivity contribution in [3.63, 3.8) is 0 Å². The SMILES string of the molecule is CC(Nc1ncnc2[nH]cnc12)c1cc2cccc(Cl)c2nc1-c1cccc(S(C)(=O)=O)c1. The lowest BCUT2D eigenvalue weighted by Gasteiger charge is -2.20. The van der Waals surface area contributed by atoms with Crippen LogP contribution >= 0.6 is 11.6 Å². The van der Waals surface area contributed by atoms with E-state index in [4.69, 9.17) is 16.6 Å². The number of H-pyrrole nitrogens is 1. The molecule has 5 aromatic rings. The quantitative estimate of drug-likeness (QED) is 0.373. The van der Waals surface area contributed by atoms with E-state index in [1.165, 1.54) is 12.6 Å². The average molecular weight is 479 g/mol. The lowest BCUT2D eigenvalue weighted by atomic mass is 9.98. The molecule has 8 nitrogen and oxygen atoms in total. The van der Waals surface area contributed by atoms with Gasteiger partial charge in [0, 0.05) is 22.8 Å². The van der Waals surface area contributed by atoms with Crippen LogP contribution in [0.2, 0.25) is 5.02 Å². The van der Waals surface area contributed by atoms with E-state index in [0.717, 1.165) is 10.9 Å². The number of nitrogens with zero attached hydrogens (tertiary/aromatic N) is 4. The van der Waals surface area contributed by atoms with Gasteiger partial charge in [-0.2, -0.15) is 0 Å². The van der Waals surface area contributed by atoms with E-state index in [1.807, 2.05) is 31.2 Å². The number of rotatable bonds is 5. The largest absolute Gasteiger partial charge is 0.362 e. The van der Waals surface area contributed by atoms with E-state index in [-0.39, 0.29) is 10.9 Å². The highest BCUT2D eigenvalue weighted by Gasteiger charge is 2.19. The predicted octanol–water partition coefficient (Wildman–Crippen LogP) is 4.80. The average Bonchev–Trinajstić information content (AvgIpc) is 3.28. The highest BCUT2D eigenvalue weighted by atomic mass is 35.5. The van der Waals surface area contributed by atoms with E-state index in [2.05, 4.69) is 25.3 Å². The van der Waals surface area contributed by atoms with Crippen LogP contribution in [0.25, 0.3) is 33.3 Å². The third kappa shape index (κ3) is 4.01. The number of anilines is 1. The highest BCUT2D eigenvalue weighted by molar-refractivity contribution is 7.90. The first-order valence-corrected chi connectivity index (χ1v) is 12.4. The van der Waals surface area contributed by atoms with E-state index < -0.39 is 9.84 Å². The van der Waals surface area contributed by atoms with E-state index in [0.29, 0.717) is 38.8 Å². The molecular formula is C23H19ClN6O2S. The monoisotopic (exact) mass is 478 g/mol. The second-order valence-corrected chi connectivity index (χ2v) is 10.1. The summed E-state index contributed by atoms with van der Waals surface area (Å²) in [4.78, 5) is 20.9. The molecule has 1 unspecified atom stereocenters. The van der Waals surface area contributed by atoms with Gasteiger partial charge in [-0.05, 0) is 31.2 Å².